The van der Waals surface area contributed by atoms with Gasteiger partial charge in [-0.15, -0.1) is 0 Å². The minimum absolute atomic E-state index is 0.0433. The monoisotopic (exact) mass is 746 g/mol. The molecule has 274 valence electrons. The number of aromatic nitrogens is 2. The summed E-state index contributed by atoms with van der Waals surface area (Å²) in [5.74, 6) is -3.18. The average Bonchev–Trinajstić information content (AvgIpc) is 3.77. The molecule has 3 amide bonds. The maximum atomic E-state index is 15.6. The van der Waals surface area contributed by atoms with Crippen molar-refractivity contribution in [2.45, 2.75) is 74.9 Å². The summed E-state index contributed by atoms with van der Waals surface area (Å²) in [5.41, 5.74) is -2.94. The zero-order valence-electron chi connectivity index (χ0n) is 28.3. The normalized spacial score (nSPS) is 21.7. The van der Waals surface area contributed by atoms with Crippen LogP contribution >= 0.6 is 11.8 Å². The molecule has 12 nitrogen and oxygen atoms in total. The second-order valence-corrected chi connectivity index (χ2v) is 20.9. The lowest BCUT2D eigenvalue weighted by Gasteiger charge is -2.35. The van der Waals surface area contributed by atoms with Crippen LogP contribution in [0.4, 0.5) is 32.4 Å². The van der Waals surface area contributed by atoms with E-state index in [1.54, 1.807) is 6.92 Å². The number of nitrogens with one attached hydrogen (secondary N) is 3. The van der Waals surface area contributed by atoms with E-state index in [2.05, 4.69) is 55.3 Å². The fourth-order valence-corrected chi connectivity index (χ4v) is 7.20. The molecule has 0 spiro atoms. The van der Waals surface area contributed by atoms with Crippen LogP contribution in [0.15, 0.2) is 35.6 Å². The number of halogens is 5. The van der Waals surface area contributed by atoms with Gasteiger partial charge in [0.1, 0.15) is 29.7 Å². The molecule has 1 aromatic carbocycles. The number of amides is 3. The number of aliphatic imine (C=N–C) groups is 1. The van der Waals surface area contributed by atoms with Gasteiger partial charge >= 0.3 is 12.3 Å². The van der Waals surface area contributed by atoms with Crippen LogP contribution in [-0.2, 0) is 19.8 Å². The summed E-state index contributed by atoms with van der Waals surface area (Å²) in [7, 11) is -1.35. The first-order valence-electron chi connectivity index (χ1n) is 15.5. The number of alkyl halides is 4. The van der Waals surface area contributed by atoms with Crippen LogP contribution in [0.1, 0.15) is 43.2 Å². The number of rotatable bonds is 13. The van der Waals surface area contributed by atoms with Gasteiger partial charge in [0.05, 0.1) is 23.5 Å². The molecule has 3 atom stereocenters. The molecule has 2 aliphatic rings. The molecule has 1 aliphatic carbocycles. The Kier molecular flexibility index (Phi) is 11.5. The Morgan fingerprint density at radius 1 is 1.12 bits per heavy atom. The van der Waals surface area contributed by atoms with Crippen LogP contribution in [0.3, 0.4) is 0 Å². The third-order valence-corrected chi connectivity index (χ3v) is 10.9. The predicted octanol–water partition coefficient (Wildman–Crippen LogP) is 5.79. The van der Waals surface area contributed by atoms with Gasteiger partial charge in [-0.05, 0) is 63.2 Å². The van der Waals surface area contributed by atoms with E-state index in [1.807, 2.05) is 0 Å². The molecule has 2 aromatic rings. The van der Waals surface area contributed by atoms with Gasteiger partial charge in [0, 0.05) is 31.8 Å². The Bertz CT molecular complexity index is 1630. The number of nitrogens with zero attached hydrogens (tertiary/aromatic N) is 3. The SMILES string of the molecule is CC(C)(CF)NC(=O)[C@]12C[C@H]1[C@@](C)(c1cc(NC(=O)c3cnc(OCC(F)(F)F)cn3)ccc1F)N=C(OC(=O)NCOCC[Si](C)(C)C)S2. The zero-order chi connectivity index (χ0) is 37.1. The molecular weight excluding hydrogens is 708 g/mol. The highest BCUT2D eigenvalue weighted by atomic mass is 32.2. The van der Waals surface area contributed by atoms with Gasteiger partial charge in [0.25, 0.3) is 11.1 Å². The maximum Gasteiger partial charge on any atom is 0.422 e. The number of hydrogen-bond donors (Lipinski definition) is 3. The number of carbonyl (C=O) groups excluding carboxylic acids is 3. The molecule has 0 saturated heterocycles. The van der Waals surface area contributed by atoms with E-state index >= 15 is 4.39 Å². The highest BCUT2D eigenvalue weighted by Crippen LogP contribution is 2.66. The van der Waals surface area contributed by atoms with E-state index in [9.17, 15) is 31.9 Å². The topological polar surface area (TPSA) is 153 Å². The predicted molar refractivity (Wildman–Crippen MR) is 178 cm³/mol. The van der Waals surface area contributed by atoms with Crippen molar-refractivity contribution in [3.05, 3.63) is 47.7 Å². The van der Waals surface area contributed by atoms with Gasteiger partial charge in [-0.3, -0.25) is 14.9 Å². The Labute approximate surface area is 290 Å². The van der Waals surface area contributed by atoms with Crippen LogP contribution in [0.5, 0.6) is 5.88 Å². The van der Waals surface area contributed by atoms with E-state index in [0.29, 0.717) is 6.61 Å². The van der Waals surface area contributed by atoms with Crippen LogP contribution in [0.25, 0.3) is 0 Å². The van der Waals surface area contributed by atoms with Crippen molar-refractivity contribution in [3.8, 4) is 5.88 Å². The summed E-state index contributed by atoms with van der Waals surface area (Å²) in [6.07, 6.45) is -3.56. The van der Waals surface area contributed by atoms with E-state index < -0.39 is 78.9 Å². The number of benzene rings is 1. The van der Waals surface area contributed by atoms with Gasteiger partial charge in [0.15, 0.2) is 6.61 Å². The van der Waals surface area contributed by atoms with Gasteiger partial charge < -0.3 is 24.8 Å². The summed E-state index contributed by atoms with van der Waals surface area (Å²) in [5, 5.41) is 7.46. The minimum atomic E-state index is -4.59. The smallest absolute Gasteiger partial charge is 0.422 e. The molecule has 0 unspecified atom stereocenters. The van der Waals surface area contributed by atoms with Gasteiger partial charge in [-0.25, -0.2) is 28.5 Å². The molecular formula is C31H39F5N6O6SSi. The van der Waals surface area contributed by atoms with E-state index in [4.69, 9.17) is 9.47 Å². The van der Waals surface area contributed by atoms with Crippen molar-refractivity contribution in [1.29, 1.82) is 0 Å². The van der Waals surface area contributed by atoms with Crippen molar-refractivity contribution in [1.82, 2.24) is 20.6 Å². The van der Waals surface area contributed by atoms with Gasteiger partial charge in [-0.1, -0.05) is 19.6 Å². The zero-order valence-corrected chi connectivity index (χ0v) is 30.1. The second-order valence-electron chi connectivity index (χ2n) is 14.0. The number of anilines is 1. The Hall–Kier alpha value is -3.84. The minimum Gasteiger partial charge on any atom is -0.467 e. The van der Waals surface area contributed by atoms with Crippen LogP contribution in [0.2, 0.25) is 25.7 Å². The van der Waals surface area contributed by atoms with Gasteiger partial charge in [0.2, 0.25) is 11.8 Å². The lowest BCUT2D eigenvalue weighted by atomic mass is 9.85. The first kappa shape index (κ1) is 39.0. The number of thioether (sulfide) groups is 1. The lowest BCUT2D eigenvalue weighted by Crippen LogP contribution is -2.52. The maximum absolute atomic E-state index is 15.6. The fraction of sp³-hybridized carbons (Fsp3) is 0.548. The van der Waals surface area contributed by atoms with Crippen LogP contribution in [-0.4, -0.2) is 84.3 Å². The molecule has 50 heavy (non-hydrogen) atoms. The highest BCUT2D eigenvalue weighted by molar-refractivity contribution is 8.15. The van der Waals surface area contributed by atoms with E-state index in [0.717, 1.165) is 36.3 Å². The summed E-state index contributed by atoms with van der Waals surface area (Å²) in [6.45, 7) is 8.98. The molecule has 1 saturated carbocycles. The molecule has 0 radical (unpaired) electrons. The number of alkyl carbamates (subject to hydrolysis) is 1. The molecule has 1 fully saturated rings. The fourth-order valence-electron chi connectivity index (χ4n) is 5.02. The first-order valence-corrected chi connectivity index (χ1v) is 20.0. The summed E-state index contributed by atoms with van der Waals surface area (Å²) in [6, 6.07) is 4.52. The molecule has 3 N–H and O–H groups in total. The van der Waals surface area contributed by atoms with E-state index in [1.165, 1.54) is 26.0 Å². The quantitative estimate of drug-likeness (QED) is 0.100. The van der Waals surface area contributed by atoms with Gasteiger partial charge in [-0.2, -0.15) is 13.2 Å². The third kappa shape index (κ3) is 9.90. The summed E-state index contributed by atoms with van der Waals surface area (Å²) in [4.78, 5) is 51.3. The van der Waals surface area contributed by atoms with Crippen molar-refractivity contribution >= 4 is 48.7 Å². The average molecular weight is 747 g/mol. The Morgan fingerprint density at radius 3 is 2.46 bits per heavy atom. The number of hydrogen-bond acceptors (Lipinski definition) is 10. The standard InChI is InChI=1S/C31H39F5N6O6SSi/c1-28(2,15-32)41-25(44)30-12-22(30)29(3,42-27(49-30)48-26(45)39-17-46-9-10-50(4,5)6)19-11-18(7-8-20(19)33)40-24(43)21-13-38-23(14-37-21)47-16-31(34,35)36/h7-8,11,13-14,22H,9-10,12,15-17H2,1-6H3,(H,39,45)(H,40,43)(H,41,44)/t22-,29+,30-/m0/s1. The molecule has 0 bridgehead atoms. The van der Waals surface area contributed by atoms with E-state index in [-0.39, 0.29) is 35.3 Å². The van der Waals surface area contributed by atoms with Crippen molar-refractivity contribution in [2.24, 2.45) is 10.9 Å². The summed E-state index contributed by atoms with van der Waals surface area (Å²) >= 11 is 0.881. The van der Waals surface area contributed by atoms with Crippen LogP contribution in [0, 0.1) is 11.7 Å². The molecule has 19 heteroatoms. The second kappa shape index (κ2) is 14.8. The van der Waals surface area contributed by atoms with Crippen molar-refractivity contribution in [2.75, 3.05) is 31.9 Å². The lowest BCUT2D eigenvalue weighted by molar-refractivity contribution is -0.154. The summed E-state index contributed by atoms with van der Waals surface area (Å²) < 4.78 is 80.8. The molecule has 2 heterocycles. The van der Waals surface area contributed by atoms with Crippen molar-refractivity contribution in [3.63, 3.8) is 0 Å². The third-order valence-electron chi connectivity index (χ3n) is 7.86. The van der Waals surface area contributed by atoms with Crippen LogP contribution < -0.4 is 20.7 Å². The first-order chi connectivity index (χ1) is 23.2. The molecule has 1 aromatic heterocycles. The number of carbonyl (C=O) groups is 3. The largest absolute Gasteiger partial charge is 0.467 e. The Morgan fingerprint density at radius 2 is 1.84 bits per heavy atom. The highest BCUT2D eigenvalue weighted by Gasteiger charge is 2.71. The van der Waals surface area contributed by atoms with Crippen molar-refractivity contribution < 1.29 is 50.5 Å². The number of ether oxygens (including phenoxy) is 3. The molecule has 4 rings (SSSR count). The number of fused-ring (bicyclic) bond motifs is 1. The molecule has 1 aliphatic heterocycles. The Balaban J connectivity index is 1.56.